The Labute approximate surface area is 118 Å². The number of hydrogen-bond acceptors (Lipinski definition) is 5. The highest BCUT2D eigenvalue weighted by molar-refractivity contribution is 5.24. The maximum Gasteiger partial charge on any atom is 0.252 e. The van der Waals surface area contributed by atoms with Gasteiger partial charge in [-0.15, -0.1) is 5.10 Å². The second-order valence-corrected chi connectivity index (χ2v) is 6.51. The molecule has 1 N–H and O–H groups in total. The molecular formula is C14H21N5O. The lowest BCUT2D eigenvalue weighted by molar-refractivity contribution is -0.107. The van der Waals surface area contributed by atoms with Crippen molar-refractivity contribution < 1.29 is 5.11 Å². The van der Waals surface area contributed by atoms with Gasteiger partial charge < -0.3 is 5.11 Å². The van der Waals surface area contributed by atoms with E-state index >= 15 is 0 Å². The number of piperidine rings is 1. The Morgan fingerprint density at radius 2 is 2.15 bits per heavy atom. The van der Waals surface area contributed by atoms with Crippen LogP contribution in [-0.4, -0.2) is 48.3 Å². The van der Waals surface area contributed by atoms with Gasteiger partial charge in [-0.05, 0) is 19.4 Å². The van der Waals surface area contributed by atoms with Crippen LogP contribution >= 0.6 is 0 Å². The Bertz CT molecular complexity index is 586. The lowest BCUT2D eigenvalue weighted by Crippen LogP contribution is -2.55. The standard InChI is InChI=1S/C14H21N5O/c1-13(2)10-18(8-5-14(13,3)20)9-11-16-12-15-6-4-7-19(12)17-11/h4,6-7,20H,5,8-10H2,1-3H3/t14-/m1/s1. The first kappa shape index (κ1) is 13.5. The summed E-state index contributed by atoms with van der Waals surface area (Å²) >= 11 is 0. The first-order valence-corrected chi connectivity index (χ1v) is 6.98. The van der Waals surface area contributed by atoms with Gasteiger partial charge in [-0.2, -0.15) is 4.98 Å². The van der Waals surface area contributed by atoms with Crippen LogP contribution in [0.4, 0.5) is 0 Å². The van der Waals surface area contributed by atoms with E-state index in [1.165, 1.54) is 0 Å². The summed E-state index contributed by atoms with van der Waals surface area (Å²) in [7, 11) is 0. The van der Waals surface area contributed by atoms with Crippen LogP contribution in [0.25, 0.3) is 5.78 Å². The van der Waals surface area contributed by atoms with Gasteiger partial charge in [0.15, 0.2) is 5.82 Å². The van der Waals surface area contributed by atoms with Crippen LogP contribution in [0.3, 0.4) is 0 Å². The molecule has 0 unspecified atom stereocenters. The molecule has 3 rings (SSSR count). The van der Waals surface area contributed by atoms with E-state index in [9.17, 15) is 5.11 Å². The third kappa shape index (κ3) is 2.29. The summed E-state index contributed by atoms with van der Waals surface area (Å²) in [5, 5.41) is 14.9. The number of hydrogen-bond donors (Lipinski definition) is 1. The normalized spacial score (nSPS) is 27.0. The largest absolute Gasteiger partial charge is 0.390 e. The van der Waals surface area contributed by atoms with Gasteiger partial charge in [0, 0.05) is 30.9 Å². The summed E-state index contributed by atoms with van der Waals surface area (Å²) < 4.78 is 1.70. The monoisotopic (exact) mass is 275 g/mol. The number of aliphatic hydroxyl groups is 1. The third-order valence-corrected chi connectivity index (χ3v) is 4.52. The molecule has 1 atom stereocenters. The molecule has 20 heavy (non-hydrogen) atoms. The van der Waals surface area contributed by atoms with E-state index in [1.54, 1.807) is 10.7 Å². The fourth-order valence-electron chi connectivity index (χ4n) is 2.70. The van der Waals surface area contributed by atoms with Gasteiger partial charge in [0.1, 0.15) is 0 Å². The number of rotatable bonds is 2. The number of aromatic nitrogens is 4. The SMILES string of the molecule is CC1(C)CN(Cc2nc3ncccn3n2)CC[C@@]1(C)O. The second kappa shape index (κ2) is 4.49. The van der Waals surface area contributed by atoms with Crippen molar-refractivity contribution in [3.05, 3.63) is 24.3 Å². The molecule has 108 valence electrons. The van der Waals surface area contributed by atoms with Crippen molar-refractivity contribution in [2.75, 3.05) is 13.1 Å². The first-order valence-electron chi connectivity index (χ1n) is 6.98. The van der Waals surface area contributed by atoms with Gasteiger partial charge in [-0.25, -0.2) is 9.50 Å². The summed E-state index contributed by atoms with van der Waals surface area (Å²) in [5.74, 6) is 1.41. The van der Waals surface area contributed by atoms with Gasteiger partial charge in [-0.3, -0.25) is 4.90 Å². The van der Waals surface area contributed by atoms with Crippen LogP contribution in [0.15, 0.2) is 18.5 Å². The molecule has 0 bridgehead atoms. The molecular weight excluding hydrogens is 254 g/mol. The molecule has 0 amide bonds. The van der Waals surface area contributed by atoms with Crippen molar-refractivity contribution >= 4 is 5.78 Å². The minimum atomic E-state index is -0.614. The zero-order valence-electron chi connectivity index (χ0n) is 12.2. The Morgan fingerprint density at radius 1 is 1.35 bits per heavy atom. The molecule has 1 saturated heterocycles. The molecule has 0 aliphatic carbocycles. The zero-order chi connectivity index (χ0) is 14.4. The average molecular weight is 275 g/mol. The summed E-state index contributed by atoms with van der Waals surface area (Å²) in [6, 6.07) is 1.84. The second-order valence-electron chi connectivity index (χ2n) is 6.51. The van der Waals surface area contributed by atoms with Crippen molar-refractivity contribution in [2.45, 2.75) is 39.3 Å². The Hall–Kier alpha value is -1.53. The van der Waals surface area contributed by atoms with E-state index < -0.39 is 5.60 Å². The van der Waals surface area contributed by atoms with Gasteiger partial charge in [-0.1, -0.05) is 13.8 Å². The topological polar surface area (TPSA) is 66.6 Å². The average Bonchev–Trinajstić information content (AvgIpc) is 2.76. The predicted octanol–water partition coefficient (Wildman–Crippen LogP) is 1.11. The van der Waals surface area contributed by atoms with Gasteiger partial charge in [0.05, 0.1) is 12.1 Å². The molecule has 6 heteroatoms. The van der Waals surface area contributed by atoms with E-state index in [2.05, 4.69) is 33.8 Å². The van der Waals surface area contributed by atoms with Crippen molar-refractivity contribution in [2.24, 2.45) is 5.41 Å². The molecule has 2 aromatic heterocycles. The molecule has 0 radical (unpaired) electrons. The highest BCUT2D eigenvalue weighted by atomic mass is 16.3. The van der Waals surface area contributed by atoms with Gasteiger partial charge in [0.25, 0.3) is 5.78 Å². The van der Waals surface area contributed by atoms with Crippen LogP contribution in [-0.2, 0) is 6.54 Å². The highest BCUT2D eigenvalue weighted by Crippen LogP contribution is 2.38. The van der Waals surface area contributed by atoms with E-state index in [1.807, 2.05) is 19.2 Å². The molecule has 0 aromatic carbocycles. The number of nitrogens with zero attached hydrogens (tertiary/aromatic N) is 5. The molecule has 1 aliphatic heterocycles. The molecule has 2 aromatic rings. The van der Waals surface area contributed by atoms with Gasteiger partial charge >= 0.3 is 0 Å². The Morgan fingerprint density at radius 3 is 2.85 bits per heavy atom. The smallest absolute Gasteiger partial charge is 0.252 e. The molecule has 0 spiro atoms. The summed E-state index contributed by atoms with van der Waals surface area (Å²) in [5.41, 5.74) is -0.750. The van der Waals surface area contributed by atoms with Crippen molar-refractivity contribution in [1.82, 2.24) is 24.5 Å². The summed E-state index contributed by atoms with van der Waals surface area (Å²) in [6.07, 6.45) is 4.34. The van der Waals surface area contributed by atoms with Crippen LogP contribution in [0.5, 0.6) is 0 Å². The van der Waals surface area contributed by atoms with Crippen molar-refractivity contribution in [3.63, 3.8) is 0 Å². The van der Waals surface area contributed by atoms with E-state index in [-0.39, 0.29) is 5.41 Å². The molecule has 0 saturated carbocycles. The minimum absolute atomic E-state index is 0.136. The highest BCUT2D eigenvalue weighted by Gasteiger charge is 2.43. The summed E-state index contributed by atoms with van der Waals surface area (Å²) in [4.78, 5) is 10.9. The fourth-order valence-corrected chi connectivity index (χ4v) is 2.70. The number of likely N-dealkylation sites (tertiary alicyclic amines) is 1. The lowest BCUT2D eigenvalue weighted by Gasteiger charge is -2.48. The van der Waals surface area contributed by atoms with Crippen LogP contribution in [0, 0.1) is 5.41 Å². The van der Waals surface area contributed by atoms with Crippen molar-refractivity contribution in [3.8, 4) is 0 Å². The first-order chi connectivity index (χ1) is 9.37. The molecule has 6 nitrogen and oxygen atoms in total. The maximum absolute atomic E-state index is 10.4. The molecule has 3 heterocycles. The van der Waals surface area contributed by atoms with Crippen LogP contribution < -0.4 is 0 Å². The van der Waals surface area contributed by atoms with E-state index in [0.717, 1.165) is 25.3 Å². The Kier molecular flexibility index (Phi) is 3.02. The van der Waals surface area contributed by atoms with Gasteiger partial charge in [0.2, 0.25) is 0 Å². The van der Waals surface area contributed by atoms with Crippen LogP contribution in [0.2, 0.25) is 0 Å². The van der Waals surface area contributed by atoms with E-state index in [4.69, 9.17) is 0 Å². The molecule has 1 aliphatic rings. The summed E-state index contributed by atoms with van der Waals surface area (Å²) in [6.45, 7) is 8.54. The van der Waals surface area contributed by atoms with Crippen LogP contribution in [0.1, 0.15) is 33.0 Å². The minimum Gasteiger partial charge on any atom is -0.390 e. The molecule has 1 fully saturated rings. The predicted molar refractivity (Wildman–Crippen MR) is 75.1 cm³/mol. The quantitative estimate of drug-likeness (QED) is 0.889. The number of fused-ring (bicyclic) bond motifs is 1. The van der Waals surface area contributed by atoms with E-state index in [0.29, 0.717) is 12.3 Å². The third-order valence-electron chi connectivity index (χ3n) is 4.52. The van der Waals surface area contributed by atoms with Crippen molar-refractivity contribution in [1.29, 1.82) is 0 Å². The maximum atomic E-state index is 10.4. The fraction of sp³-hybridized carbons (Fsp3) is 0.643. The lowest BCUT2D eigenvalue weighted by atomic mass is 9.71. The Balaban J connectivity index is 1.75. The zero-order valence-corrected chi connectivity index (χ0v) is 12.2.